The Labute approximate surface area is 261 Å². The van der Waals surface area contributed by atoms with Crippen LogP contribution in [0.1, 0.15) is 0 Å². The molecule has 0 aliphatic carbocycles. The van der Waals surface area contributed by atoms with Gasteiger partial charge in [-0.25, -0.2) is 19.9 Å². The fourth-order valence-electron chi connectivity index (χ4n) is 6.05. The molecule has 0 aliphatic heterocycles. The summed E-state index contributed by atoms with van der Waals surface area (Å²) in [6.45, 7) is 0. The van der Waals surface area contributed by atoms with Crippen LogP contribution < -0.4 is 0 Å². The van der Waals surface area contributed by atoms with Crippen molar-refractivity contribution in [2.45, 2.75) is 0 Å². The second-order valence-corrected chi connectivity index (χ2v) is 11.1. The molecule has 0 amide bonds. The first-order valence-corrected chi connectivity index (χ1v) is 14.8. The van der Waals surface area contributed by atoms with E-state index >= 15 is 0 Å². The van der Waals surface area contributed by atoms with Crippen molar-refractivity contribution in [2.75, 3.05) is 0 Å². The van der Waals surface area contributed by atoms with Crippen molar-refractivity contribution in [3.05, 3.63) is 133 Å². The van der Waals surface area contributed by atoms with Crippen LogP contribution in [0, 0.1) is 0 Å². The molecule has 45 heavy (non-hydrogen) atoms. The molecule has 3 aromatic carbocycles. The van der Waals surface area contributed by atoms with Crippen LogP contribution in [0.25, 0.3) is 78.3 Å². The van der Waals surface area contributed by atoms with Gasteiger partial charge in [0.2, 0.25) is 0 Å². The Morgan fingerprint density at radius 3 is 1.42 bits per heavy atom. The Hall–Kier alpha value is -5.99. The van der Waals surface area contributed by atoms with Gasteiger partial charge in [0, 0.05) is 51.7 Å². The minimum absolute atomic E-state index is 0.549. The first-order valence-electron chi connectivity index (χ1n) is 14.4. The third-order valence-corrected chi connectivity index (χ3v) is 8.17. The summed E-state index contributed by atoms with van der Waals surface area (Å²) in [4.78, 5) is 29.1. The summed E-state index contributed by atoms with van der Waals surface area (Å²) in [6.07, 6.45) is 7.16. The van der Waals surface area contributed by atoms with E-state index < -0.39 is 0 Å². The fraction of sp³-hybridized carbons (Fsp3) is 0. The molecule has 0 bridgehead atoms. The summed E-state index contributed by atoms with van der Waals surface area (Å²) >= 11 is 6.90. The number of nitrogens with zero attached hydrogens (tertiary/aromatic N) is 8. The highest BCUT2D eigenvalue weighted by Gasteiger charge is 2.22. The molecule has 0 N–H and O–H groups in total. The third kappa shape index (κ3) is 4.07. The van der Waals surface area contributed by atoms with E-state index in [4.69, 9.17) is 41.5 Å². The lowest BCUT2D eigenvalue weighted by atomic mass is 10.1. The molecule has 0 aliphatic rings. The highest BCUT2D eigenvalue weighted by Crippen LogP contribution is 2.37. The van der Waals surface area contributed by atoms with Gasteiger partial charge >= 0.3 is 0 Å². The summed E-state index contributed by atoms with van der Waals surface area (Å²) in [5, 5.41) is 2.60. The van der Waals surface area contributed by atoms with Crippen molar-refractivity contribution in [1.29, 1.82) is 0 Å². The third-order valence-electron chi connectivity index (χ3n) is 7.95. The van der Waals surface area contributed by atoms with Gasteiger partial charge in [-0.2, -0.15) is 0 Å². The zero-order chi connectivity index (χ0) is 29.9. The number of hydrogen-bond acceptors (Lipinski definition) is 6. The molecule has 9 aromatic rings. The number of aromatic nitrogens is 8. The number of para-hydroxylation sites is 2. The zero-order valence-corrected chi connectivity index (χ0v) is 24.3. The maximum Gasteiger partial charge on any atom is 0.165 e. The SMILES string of the molecule is Clc1cc(-c2nc3cccnc3n2-c2cccc3cccnc23)cc(-c2nc3cccnc3n2-c2cccc3cccnc23)c1. The number of benzene rings is 3. The van der Waals surface area contributed by atoms with Gasteiger partial charge in [-0.1, -0.05) is 48.0 Å². The van der Waals surface area contributed by atoms with E-state index in [0.717, 1.165) is 66.6 Å². The van der Waals surface area contributed by atoms with Gasteiger partial charge in [0.15, 0.2) is 11.3 Å². The molecule has 0 saturated heterocycles. The summed E-state index contributed by atoms with van der Waals surface area (Å²) in [5.41, 5.74) is 8.07. The molecule has 9 rings (SSSR count). The van der Waals surface area contributed by atoms with Crippen LogP contribution in [0.5, 0.6) is 0 Å². The van der Waals surface area contributed by atoms with Gasteiger partial charge in [-0.3, -0.25) is 19.1 Å². The summed E-state index contributed by atoms with van der Waals surface area (Å²) in [7, 11) is 0. The Bertz CT molecular complexity index is 2400. The predicted molar refractivity (Wildman–Crippen MR) is 178 cm³/mol. The van der Waals surface area contributed by atoms with Crippen LogP contribution in [0.3, 0.4) is 0 Å². The van der Waals surface area contributed by atoms with E-state index in [-0.39, 0.29) is 0 Å². The molecular weight excluding hydrogens is 580 g/mol. The van der Waals surface area contributed by atoms with Gasteiger partial charge in [-0.15, -0.1) is 0 Å². The monoisotopic (exact) mass is 600 g/mol. The predicted octanol–water partition coefficient (Wildman–Crippen LogP) is 8.24. The largest absolute Gasteiger partial charge is 0.274 e. The number of pyridine rings is 4. The molecule has 0 spiro atoms. The number of hydrogen-bond donors (Lipinski definition) is 0. The maximum atomic E-state index is 6.90. The number of halogens is 1. The second kappa shape index (κ2) is 10.0. The lowest BCUT2D eigenvalue weighted by Crippen LogP contribution is -2.02. The van der Waals surface area contributed by atoms with Crippen molar-refractivity contribution in [2.24, 2.45) is 0 Å². The molecule has 212 valence electrons. The van der Waals surface area contributed by atoms with Crippen LogP contribution in [0.15, 0.2) is 128 Å². The second-order valence-electron chi connectivity index (χ2n) is 10.7. The number of fused-ring (bicyclic) bond motifs is 4. The Morgan fingerprint density at radius 2 is 0.911 bits per heavy atom. The van der Waals surface area contributed by atoms with Gasteiger partial charge < -0.3 is 0 Å². The van der Waals surface area contributed by atoms with E-state index in [1.165, 1.54) is 0 Å². The average molecular weight is 601 g/mol. The number of rotatable bonds is 4. The average Bonchev–Trinajstić information content (AvgIpc) is 3.67. The van der Waals surface area contributed by atoms with Crippen molar-refractivity contribution in [3.8, 4) is 34.2 Å². The van der Waals surface area contributed by atoms with Crippen molar-refractivity contribution in [3.63, 3.8) is 0 Å². The minimum Gasteiger partial charge on any atom is -0.274 e. The number of imidazole rings is 2. The van der Waals surface area contributed by atoms with Crippen molar-refractivity contribution < 1.29 is 0 Å². The van der Waals surface area contributed by atoms with Gasteiger partial charge in [0.25, 0.3) is 0 Å². The van der Waals surface area contributed by atoms with E-state index in [1.54, 1.807) is 24.8 Å². The first-order chi connectivity index (χ1) is 22.2. The molecular formula is C36H21ClN8. The molecule has 9 heteroatoms. The van der Waals surface area contributed by atoms with Gasteiger partial charge in [-0.05, 0) is 66.7 Å². The van der Waals surface area contributed by atoms with Crippen LogP contribution >= 0.6 is 11.6 Å². The lowest BCUT2D eigenvalue weighted by molar-refractivity contribution is 1.07. The van der Waals surface area contributed by atoms with E-state index in [1.807, 2.05) is 72.8 Å². The maximum absolute atomic E-state index is 6.90. The Morgan fingerprint density at radius 1 is 0.467 bits per heavy atom. The smallest absolute Gasteiger partial charge is 0.165 e. The highest BCUT2D eigenvalue weighted by molar-refractivity contribution is 6.31. The molecule has 0 radical (unpaired) electrons. The Kier molecular flexibility index (Phi) is 5.69. The van der Waals surface area contributed by atoms with Crippen LogP contribution in [0.4, 0.5) is 0 Å². The van der Waals surface area contributed by atoms with Crippen LogP contribution in [-0.4, -0.2) is 39.0 Å². The summed E-state index contributed by atoms with van der Waals surface area (Å²) < 4.78 is 4.11. The Balaban J connectivity index is 1.32. The molecule has 8 nitrogen and oxygen atoms in total. The van der Waals surface area contributed by atoms with Crippen LogP contribution in [-0.2, 0) is 0 Å². The lowest BCUT2D eigenvalue weighted by Gasteiger charge is -2.14. The molecule has 0 atom stereocenters. The van der Waals surface area contributed by atoms with E-state index in [9.17, 15) is 0 Å². The topological polar surface area (TPSA) is 87.2 Å². The quantitative estimate of drug-likeness (QED) is 0.202. The molecule has 0 saturated carbocycles. The minimum atomic E-state index is 0.549. The first kappa shape index (κ1) is 25.5. The molecule has 0 fully saturated rings. The molecule has 6 aromatic heterocycles. The van der Waals surface area contributed by atoms with Gasteiger partial charge in [0.05, 0.1) is 22.4 Å². The summed E-state index contributed by atoms with van der Waals surface area (Å²) in [6, 6.07) is 33.8. The zero-order valence-electron chi connectivity index (χ0n) is 23.6. The standard InChI is InChI=1S/C36H21ClN8/c37-26-20-24(33-42-27-11-5-17-40-35(27)44(33)29-13-1-7-22-9-3-15-38-31(22)29)19-25(21-26)34-43-28-12-6-18-41-36(28)45(34)30-14-2-8-23-10-4-16-39-32(23)30/h1-21H. The molecule has 0 unspecified atom stereocenters. The van der Waals surface area contributed by atoms with Gasteiger partial charge in [0.1, 0.15) is 22.7 Å². The van der Waals surface area contributed by atoms with Crippen molar-refractivity contribution >= 4 is 55.7 Å². The van der Waals surface area contributed by atoms with Crippen molar-refractivity contribution in [1.82, 2.24) is 39.0 Å². The van der Waals surface area contributed by atoms with Crippen LogP contribution in [0.2, 0.25) is 5.02 Å². The van der Waals surface area contributed by atoms with E-state index in [0.29, 0.717) is 16.7 Å². The van der Waals surface area contributed by atoms with E-state index in [2.05, 4.69) is 39.5 Å². The fourth-order valence-corrected chi connectivity index (χ4v) is 6.29. The highest BCUT2D eigenvalue weighted by atomic mass is 35.5. The molecule has 6 heterocycles. The normalized spacial score (nSPS) is 11.7. The summed E-state index contributed by atoms with van der Waals surface area (Å²) in [5.74, 6) is 1.39.